The Morgan fingerprint density at radius 2 is 1.55 bits per heavy atom. The largest absolute Gasteiger partial charge is 0.439 e. The van der Waals surface area contributed by atoms with E-state index in [-0.39, 0.29) is 24.5 Å². The van der Waals surface area contributed by atoms with Crippen molar-refractivity contribution in [2.45, 2.75) is 46.1 Å². The molecule has 10 nitrogen and oxygen atoms in total. The fourth-order valence-electron chi connectivity index (χ4n) is 5.12. The van der Waals surface area contributed by atoms with Crippen LogP contribution in [0, 0.1) is 6.92 Å². The third-order valence-corrected chi connectivity index (χ3v) is 7.36. The zero-order valence-electron chi connectivity index (χ0n) is 24.3. The lowest BCUT2D eigenvalue weighted by Gasteiger charge is -2.15. The predicted molar refractivity (Wildman–Crippen MR) is 169 cm³/mol. The lowest BCUT2D eigenvalue weighted by atomic mass is 9.96. The number of aryl methyl sites for hydroxylation is 2. The van der Waals surface area contributed by atoms with Crippen molar-refractivity contribution in [3.8, 4) is 34.0 Å². The van der Waals surface area contributed by atoms with Crippen LogP contribution in [0.15, 0.2) is 97.5 Å². The summed E-state index contributed by atoms with van der Waals surface area (Å²) in [5, 5.41) is 7.97. The van der Waals surface area contributed by atoms with E-state index in [1.165, 1.54) is 0 Å². The summed E-state index contributed by atoms with van der Waals surface area (Å²) in [5.74, 6) is 1.20. The number of benzene rings is 3. The first kappa shape index (κ1) is 30.4. The van der Waals surface area contributed by atoms with Crippen LogP contribution >= 0.6 is 12.4 Å². The molecule has 0 saturated carbocycles. The van der Waals surface area contributed by atoms with Crippen LogP contribution in [0.5, 0.6) is 0 Å². The second-order valence-corrected chi connectivity index (χ2v) is 10.3. The molecule has 0 unspecified atom stereocenters. The van der Waals surface area contributed by atoms with E-state index in [1.54, 1.807) is 4.57 Å². The molecule has 44 heavy (non-hydrogen) atoms. The van der Waals surface area contributed by atoms with Crippen LogP contribution in [0.1, 0.15) is 48.2 Å². The summed E-state index contributed by atoms with van der Waals surface area (Å²) in [7, 11) is 0. The highest BCUT2D eigenvalue weighted by atomic mass is 35.5. The van der Waals surface area contributed by atoms with Gasteiger partial charge in [-0.15, -0.1) is 12.4 Å². The first-order chi connectivity index (χ1) is 21.0. The van der Waals surface area contributed by atoms with Gasteiger partial charge in [0.2, 0.25) is 0 Å². The monoisotopic (exact) mass is 610 g/mol. The molecule has 0 saturated heterocycles. The molecule has 3 aromatic heterocycles. The molecule has 0 fully saturated rings. The van der Waals surface area contributed by atoms with Gasteiger partial charge in [-0.3, -0.25) is 18.9 Å². The Hall–Kier alpha value is -5.09. The zero-order valence-corrected chi connectivity index (χ0v) is 25.1. The lowest BCUT2D eigenvalue weighted by Crippen LogP contribution is -2.30. The molecule has 224 valence electrons. The van der Waals surface area contributed by atoms with Crippen molar-refractivity contribution in [2.24, 2.45) is 0 Å². The number of H-pyrrole nitrogens is 1. The summed E-state index contributed by atoms with van der Waals surface area (Å²) in [6, 6.07) is 25.2. The van der Waals surface area contributed by atoms with Crippen LogP contribution in [0.2, 0.25) is 0 Å². The molecule has 0 amide bonds. The van der Waals surface area contributed by atoms with E-state index in [4.69, 9.17) is 14.0 Å². The van der Waals surface area contributed by atoms with Crippen molar-refractivity contribution in [3.05, 3.63) is 128 Å². The topological polar surface area (TPSA) is 133 Å². The molecule has 6 aromatic rings. The summed E-state index contributed by atoms with van der Waals surface area (Å²) in [5.41, 5.74) is 5.78. The minimum Gasteiger partial charge on any atom is -0.334 e. The Morgan fingerprint density at radius 1 is 0.818 bits per heavy atom. The van der Waals surface area contributed by atoms with E-state index in [2.05, 4.69) is 27.2 Å². The van der Waals surface area contributed by atoms with Crippen LogP contribution in [-0.2, 0) is 19.4 Å². The molecule has 0 atom stereocenters. The Bertz CT molecular complexity index is 1980. The van der Waals surface area contributed by atoms with E-state index < -0.39 is 5.76 Å². The van der Waals surface area contributed by atoms with Crippen molar-refractivity contribution in [2.75, 3.05) is 0 Å². The van der Waals surface area contributed by atoms with Crippen LogP contribution in [0.25, 0.3) is 34.0 Å². The highest BCUT2D eigenvalue weighted by Gasteiger charge is 2.18. The Morgan fingerprint density at radius 3 is 2.25 bits per heavy atom. The van der Waals surface area contributed by atoms with Gasteiger partial charge in [0.15, 0.2) is 11.6 Å². The van der Waals surface area contributed by atoms with Crippen molar-refractivity contribution in [1.29, 1.82) is 0 Å². The molecule has 0 spiro atoms. The summed E-state index contributed by atoms with van der Waals surface area (Å²) in [6.45, 7) is 4.13. The summed E-state index contributed by atoms with van der Waals surface area (Å²) >= 11 is 0. The molecule has 3 heterocycles. The fourth-order valence-corrected chi connectivity index (χ4v) is 5.12. The van der Waals surface area contributed by atoms with Crippen molar-refractivity contribution >= 4 is 12.4 Å². The predicted octanol–water partition coefficient (Wildman–Crippen LogP) is 6.02. The second-order valence-electron chi connectivity index (χ2n) is 10.3. The van der Waals surface area contributed by atoms with Gasteiger partial charge in [0, 0.05) is 23.1 Å². The smallest absolute Gasteiger partial charge is 0.334 e. The average molecular weight is 611 g/mol. The molecule has 0 aliphatic carbocycles. The van der Waals surface area contributed by atoms with Gasteiger partial charge in [0.25, 0.3) is 11.4 Å². The fraction of sp³-hybridized carbons (Fsp3) is 0.212. The van der Waals surface area contributed by atoms with Gasteiger partial charge in [-0.2, -0.15) is 4.98 Å². The van der Waals surface area contributed by atoms with Crippen LogP contribution in [0.4, 0.5) is 0 Å². The number of rotatable bonds is 10. The van der Waals surface area contributed by atoms with Gasteiger partial charge in [-0.1, -0.05) is 90.4 Å². The van der Waals surface area contributed by atoms with E-state index in [0.29, 0.717) is 35.3 Å². The van der Waals surface area contributed by atoms with Crippen LogP contribution in [-0.4, -0.2) is 29.8 Å². The second kappa shape index (κ2) is 13.5. The first-order valence-corrected chi connectivity index (χ1v) is 14.2. The van der Waals surface area contributed by atoms with Gasteiger partial charge in [0.05, 0.1) is 12.2 Å². The number of halogens is 1. The molecule has 0 aliphatic heterocycles. The van der Waals surface area contributed by atoms with Gasteiger partial charge in [0.1, 0.15) is 5.82 Å². The maximum Gasteiger partial charge on any atom is 0.439 e. The van der Waals surface area contributed by atoms with Gasteiger partial charge < -0.3 is 4.52 Å². The summed E-state index contributed by atoms with van der Waals surface area (Å²) in [6.07, 6.45) is 3.10. The normalized spacial score (nSPS) is 11.0. The minimum absolute atomic E-state index is 0. The number of nitrogens with zero attached hydrogens (tertiary/aromatic N) is 5. The SMILES string of the molecule is CCCCc1nc(C)n(Cc2noc(-c3ccccc3)n2)c(=O)c1Cc1ccc(-c2ccccc2-c2noc(=O)[nH]2)cc1.Cl. The highest BCUT2D eigenvalue weighted by molar-refractivity contribution is 5.85. The van der Waals surface area contributed by atoms with Crippen molar-refractivity contribution < 1.29 is 9.05 Å². The number of aromatic amines is 1. The highest BCUT2D eigenvalue weighted by Crippen LogP contribution is 2.30. The molecule has 1 N–H and O–H groups in total. The molecule has 0 bridgehead atoms. The van der Waals surface area contributed by atoms with E-state index in [0.717, 1.165) is 52.8 Å². The van der Waals surface area contributed by atoms with E-state index >= 15 is 0 Å². The van der Waals surface area contributed by atoms with Crippen molar-refractivity contribution in [1.82, 2.24) is 29.8 Å². The number of nitrogens with one attached hydrogen (secondary N) is 1. The maximum atomic E-state index is 13.9. The Labute approximate surface area is 259 Å². The van der Waals surface area contributed by atoms with Crippen LogP contribution < -0.4 is 11.3 Å². The van der Waals surface area contributed by atoms with Crippen molar-refractivity contribution in [3.63, 3.8) is 0 Å². The lowest BCUT2D eigenvalue weighted by molar-refractivity contribution is 0.388. The number of unbranched alkanes of at least 4 members (excludes halogenated alkanes) is 1. The molecule has 0 radical (unpaired) electrons. The molecular formula is C33H31ClN6O4. The molecule has 11 heteroatoms. The van der Waals surface area contributed by atoms with Crippen LogP contribution in [0.3, 0.4) is 0 Å². The first-order valence-electron chi connectivity index (χ1n) is 14.2. The zero-order chi connectivity index (χ0) is 29.8. The van der Waals surface area contributed by atoms with Gasteiger partial charge in [-0.25, -0.2) is 9.78 Å². The molecule has 3 aromatic carbocycles. The Kier molecular flexibility index (Phi) is 9.30. The number of hydrogen-bond donors (Lipinski definition) is 1. The quantitative estimate of drug-likeness (QED) is 0.199. The third kappa shape index (κ3) is 6.45. The van der Waals surface area contributed by atoms with E-state index in [9.17, 15) is 9.59 Å². The van der Waals surface area contributed by atoms with Gasteiger partial charge >= 0.3 is 5.76 Å². The third-order valence-electron chi connectivity index (χ3n) is 7.36. The maximum absolute atomic E-state index is 13.9. The van der Waals surface area contributed by atoms with E-state index in [1.807, 2.05) is 85.8 Å². The van der Waals surface area contributed by atoms with Gasteiger partial charge in [-0.05, 0) is 48.6 Å². The number of aromatic nitrogens is 6. The number of hydrogen-bond acceptors (Lipinski definition) is 8. The molecule has 6 rings (SSSR count). The minimum atomic E-state index is -0.604. The Balaban J connectivity index is 0.00000384. The standard InChI is InChI=1S/C33H30N6O4.ClH/c1-3-4-14-28-27(32(40)39(21(2)34-28)20-29-35-31(42-37-29)24-10-6-5-7-11-24)19-22-15-17-23(18-16-22)25-12-8-9-13-26(25)30-36-33(41)43-38-30;/h5-13,15-18H,3-4,14,19-20H2,1-2H3,(H,36,38,41);1H. The molecule has 0 aliphatic rings. The summed E-state index contributed by atoms with van der Waals surface area (Å²) in [4.78, 5) is 37.5. The average Bonchev–Trinajstić information content (AvgIpc) is 3.70. The summed E-state index contributed by atoms with van der Waals surface area (Å²) < 4.78 is 11.8. The molecular weight excluding hydrogens is 580 g/mol.